The smallest absolute Gasteiger partial charge is 0.293 e. The summed E-state index contributed by atoms with van der Waals surface area (Å²) in [7, 11) is 0. The number of hydrogen-bond acceptors (Lipinski definition) is 8. The lowest BCUT2D eigenvalue weighted by atomic mass is 10.2. The fourth-order valence-corrected chi connectivity index (χ4v) is 3.33. The van der Waals surface area contributed by atoms with Gasteiger partial charge in [0.1, 0.15) is 27.9 Å². The average Bonchev–Trinajstić information content (AvgIpc) is 3.12. The molecule has 148 valence electrons. The van der Waals surface area contributed by atoms with Gasteiger partial charge in [0, 0.05) is 11.9 Å². The fraction of sp³-hybridized carbons (Fsp3) is 0.471. The molecule has 2 atom stereocenters. The average molecular weight is 413 g/mol. The molecule has 0 spiro atoms. The summed E-state index contributed by atoms with van der Waals surface area (Å²) in [5, 5.41) is 8.66. The number of rotatable bonds is 11. The zero-order valence-electron chi connectivity index (χ0n) is 15.6. The number of carbonyl (C=O) groups excluding carboxylic acids is 3. The van der Waals surface area contributed by atoms with Gasteiger partial charge in [-0.25, -0.2) is 4.98 Å². The summed E-state index contributed by atoms with van der Waals surface area (Å²) in [5.74, 6) is -0.414. The molecule has 2 amide bonds. The van der Waals surface area contributed by atoms with Crippen LogP contribution in [0.4, 0.5) is 0 Å². The first kappa shape index (κ1) is 22.8. The van der Waals surface area contributed by atoms with Gasteiger partial charge in [-0.3, -0.25) is 19.4 Å². The van der Waals surface area contributed by atoms with Crippen molar-refractivity contribution >= 4 is 46.4 Å². The van der Waals surface area contributed by atoms with E-state index in [2.05, 4.69) is 27.2 Å². The quantitative estimate of drug-likeness (QED) is 0.247. The molecule has 0 radical (unpaired) electrons. The third-order valence-corrected chi connectivity index (χ3v) is 4.87. The van der Waals surface area contributed by atoms with Crippen LogP contribution in [-0.4, -0.2) is 53.3 Å². The second-order valence-corrected chi connectivity index (χ2v) is 7.06. The first-order chi connectivity index (χ1) is 12.9. The summed E-state index contributed by atoms with van der Waals surface area (Å²) in [5.41, 5.74) is 0.668. The van der Waals surface area contributed by atoms with E-state index in [0.717, 1.165) is 0 Å². The van der Waals surface area contributed by atoms with E-state index in [1.165, 1.54) is 29.2 Å². The normalized spacial score (nSPS) is 13.4. The molecule has 1 heterocycles. The maximum Gasteiger partial charge on any atom is 0.293 e. The molecule has 0 unspecified atom stereocenters. The van der Waals surface area contributed by atoms with E-state index in [4.69, 9.17) is 4.74 Å². The molecule has 1 rings (SSSR count). The van der Waals surface area contributed by atoms with Gasteiger partial charge in [0.05, 0.1) is 13.0 Å². The van der Waals surface area contributed by atoms with Crippen LogP contribution in [0.5, 0.6) is 0 Å². The zero-order valence-corrected chi connectivity index (χ0v) is 17.2. The number of amides is 2. The number of likely N-dealkylation sites (N-methyl/N-ethyl adjacent to an activating group) is 1. The number of aliphatic imine (C=N–C) groups is 1. The molecular weight excluding hydrogens is 388 g/mol. The highest BCUT2D eigenvalue weighted by atomic mass is 32.2. The Bertz CT molecular complexity index is 690. The molecule has 0 aliphatic carbocycles. The maximum absolute atomic E-state index is 11.9. The van der Waals surface area contributed by atoms with Crippen molar-refractivity contribution in [1.29, 1.82) is 0 Å². The van der Waals surface area contributed by atoms with E-state index in [9.17, 15) is 14.4 Å². The number of ether oxygens (including phenoxy) is 1. The third-order valence-electron chi connectivity index (χ3n) is 3.32. The molecular formula is C17H24N4O4S2. The molecule has 0 saturated carbocycles. The summed E-state index contributed by atoms with van der Waals surface area (Å²) in [4.78, 5) is 42.9. The fourth-order valence-electron chi connectivity index (χ4n) is 1.96. The Kier molecular flexibility index (Phi) is 10.3. The second-order valence-electron chi connectivity index (χ2n) is 5.32. The summed E-state index contributed by atoms with van der Waals surface area (Å²) in [6.07, 6.45) is 2.61. The largest absolute Gasteiger partial charge is 0.460 e. The summed E-state index contributed by atoms with van der Waals surface area (Å²) in [6.45, 7) is 8.19. The molecule has 0 aromatic carbocycles. The van der Waals surface area contributed by atoms with Gasteiger partial charge in [-0.2, -0.15) is 0 Å². The highest BCUT2D eigenvalue weighted by Crippen LogP contribution is 2.16. The van der Waals surface area contributed by atoms with Crippen molar-refractivity contribution in [3.05, 3.63) is 28.7 Å². The first-order valence-corrected chi connectivity index (χ1v) is 10.4. The number of carbonyl (C=O) groups is 3. The van der Waals surface area contributed by atoms with Gasteiger partial charge in [-0.05, 0) is 20.1 Å². The standard InChI is InChI=1S/C17H24N4O4S2/c1-5-12(25-10-22)7-14(23)19-8-15-21-13(9-27-15)17(26-4)20-11(3)16(24)18-6-2/h5,9-12H,1,6-8H2,2-4H3,(H,18,24)(H,19,23)/t11-,12-/m1/s1. The van der Waals surface area contributed by atoms with Gasteiger partial charge in [-0.15, -0.1) is 23.1 Å². The molecule has 1 aromatic rings. The van der Waals surface area contributed by atoms with Gasteiger partial charge in [0.15, 0.2) is 0 Å². The number of nitrogens with zero attached hydrogens (tertiary/aromatic N) is 2. The molecule has 0 saturated heterocycles. The Balaban J connectivity index is 2.67. The molecule has 1 aromatic heterocycles. The molecule has 0 bridgehead atoms. The van der Waals surface area contributed by atoms with Gasteiger partial charge < -0.3 is 15.4 Å². The number of nitrogens with one attached hydrogen (secondary N) is 2. The Morgan fingerprint density at radius 2 is 2.22 bits per heavy atom. The zero-order chi connectivity index (χ0) is 20.2. The lowest BCUT2D eigenvalue weighted by molar-refractivity contribution is -0.134. The van der Waals surface area contributed by atoms with Crippen molar-refractivity contribution in [2.75, 3.05) is 12.8 Å². The van der Waals surface area contributed by atoms with Crippen molar-refractivity contribution in [1.82, 2.24) is 15.6 Å². The summed E-state index contributed by atoms with van der Waals surface area (Å²) in [6, 6.07) is -0.508. The SMILES string of the molecule is C=C[C@H](CC(=O)NCc1nc(C(=N[C@H](C)C(=O)NCC)SC)cs1)OC=O. The van der Waals surface area contributed by atoms with Crippen LogP contribution < -0.4 is 10.6 Å². The molecule has 0 aliphatic heterocycles. The molecule has 27 heavy (non-hydrogen) atoms. The summed E-state index contributed by atoms with van der Waals surface area (Å²) < 4.78 is 4.71. The Hall–Kier alpha value is -2.20. The minimum absolute atomic E-state index is 0.00203. The van der Waals surface area contributed by atoms with Gasteiger partial charge >= 0.3 is 0 Å². The maximum atomic E-state index is 11.9. The number of hydrogen-bond donors (Lipinski definition) is 2. The third kappa shape index (κ3) is 7.92. The van der Waals surface area contributed by atoms with Gasteiger partial charge in [-0.1, -0.05) is 12.7 Å². The van der Waals surface area contributed by atoms with Crippen LogP contribution in [-0.2, 0) is 25.7 Å². The minimum Gasteiger partial charge on any atom is -0.460 e. The molecule has 0 aliphatic rings. The van der Waals surface area contributed by atoms with E-state index in [-0.39, 0.29) is 31.3 Å². The van der Waals surface area contributed by atoms with Crippen molar-refractivity contribution in [3.8, 4) is 0 Å². The van der Waals surface area contributed by atoms with E-state index in [1.807, 2.05) is 18.6 Å². The predicted molar refractivity (Wildman–Crippen MR) is 108 cm³/mol. The Morgan fingerprint density at radius 1 is 1.48 bits per heavy atom. The van der Waals surface area contributed by atoms with Crippen LogP contribution in [0.25, 0.3) is 0 Å². The minimum atomic E-state index is -0.652. The van der Waals surface area contributed by atoms with E-state index in [0.29, 0.717) is 22.3 Å². The second kappa shape index (κ2) is 12.2. The first-order valence-electron chi connectivity index (χ1n) is 8.27. The molecule has 10 heteroatoms. The lowest BCUT2D eigenvalue weighted by Gasteiger charge is -2.10. The molecule has 2 N–H and O–H groups in total. The highest BCUT2D eigenvalue weighted by molar-refractivity contribution is 8.13. The van der Waals surface area contributed by atoms with Gasteiger partial charge in [0.2, 0.25) is 11.8 Å². The predicted octanol–water partition coefficient (Wildman–Crippen LogP) is 1.51. The monoisotopic (exact) mass is 412 g/mol. The van der Waals surface area contributed by atoms with Crippen molar-refractivity contribution < 1.29 is 19.1 Å². The van der Waals surface area contributed by atoms with Crippen molar-refractivity contribution in [2.24, 2.45) is 4.99 Å². The van der Waals surface area contributed by atoms with Crippen LogP contribution in [0, 0.1) is 0 Å². The number of thiazole rings is 1. The van der Waals surface area contributed by atoms with Gasteiger partial charge in [0.25, 0.3) is 6.47 Å². The van der Waals surface area contributed by atoms with E-state index in [1.54, 1.807) is 6.92 Å². The Morgan fingerprint density at radius 3 is 2.81 bits per heavy atom. The number of aromatic nitrogens is 1. The lowest BCUT2D eigenvalue weighted by Crippen LogP contribution is -2.31. The molecule has 8 nitrogen and oxygen atoms in total. The van der Waals surface area contributed by atoms with E-state index < -0.39 is 12.1 Å². The topological polar surface area (TPSA) is 110 Å². The van der Waals surface area contributed by atoms with Crippen LogP contribution in [0.3, 0.4) is 0 Å². The Labute approximate surface area is 166 Å². The van der Waals surface area contributed by atoms with Crippen LogP contribution in [0.1, 0.15) is 31.0 Å². The van der Waals surface area contributed by atoms with Crippen LogP contribution in [0.2, 0.25) is 0 Å². The van der Waals surface area contributed by atoms with Crippen molar-refractivity contribution in [3.63, 3.8) is 0 Å². The highest BCUT2D eigenvalue weighted by Gasteiger charge is 2.15. The van der Waals surface area contributed by atoms with Crippen LogP contribution >= 0.6 is 23.1 Å². The molecule has 0 fully saturated rings. The van der Waals surface area contributed by atoms with Crippen molar-refractivity contribution in [2.45, 2.75) is 39.0 Å². The number of thioether (sulfide) groups is 1. The van der Waals surface area contributed by atoms with Crippen LogP contribution in [0.15, 0.2) is 23.0 Å². The summed E-state index contributed by atoms with van der Waals surface area (Å²) >= 11 is 2.80. The van der Waals surface area contributed by atoms with E-state index >= 15 is 0 Å².